The van der Waals surface area contributed by atoms with E-state index in [-0.39, 0.29) is 24.2 Å². The maximum absolute atomic E-state index is 12.3. The first-order valence-electron chi connectivity index (χ1n) is 7.21. The second kappa shape index (κ2) is 6.29. The number of fused-ring (bicyclic) bond motifs is 1. The smallest absolute Gasteiger partial charge is 0.251 e. The summed E-state index contributed by atoms with van der Waals surface area (Å²) in [6, 6.07) is 8.64. The third kappa shape index (κ3) is 3.29. The van der Waals surface area contributed by atoms with Gasteiger partial charge < -0.3 is 5.32 Å². The zero-order chi connectivity index (χ0) is 16.4. The fraction of sp³-hybridized carbons (Fsp3) is 0.250. The molecule has 0 fully saturated rings. The highest BCUT2D eigenvalue weighted by atomic mass is 32.1. The number of carbonyl (C=O) groups excluding carboxylic acids is 2. The van der Waals surface area contributed by atoms with Crippen molar-refractivity contribution in [1.29, 1.82) is 0 Å². The lowest BCUT2D eigenvalue weighted by atomic mass is 10.1. The van der Waals surface area contributed by atoms with Crippen molar-refractivity contribution in [3.05, 3.63) is 46.2 Å². The monoisotopic (exact) mass is 328 g/mol. The van der Waals surface area contributed by atoms with Crippen LogP contribution in [0, 0.1) is 0 Å². The van der Waals surface area contributed by atoms with Crippen LogP contribution in [-0.2, 0) is 7.05 Å². The number of aromatic nitrogens is 3. The molecule has 23 heavy (non-hydrogen) atoms. The molecule has 3 rings (SSSR count). The van der Waals surface area contributed by atoms with Gasteiger partial charge in [-0.25, -0.2) is 4.68 Å². The van der Waals surface area contributed by atoms with Crippen molar-refractivity contribution < 1.29 is 9.59 Å². The first-order valence-corrected chi connectivity index (χ1v) is 8.09. The maximum atomic E-state index is 12.3. The molecule has 1 amide bonds. The highest BCUT2D eigenvalue weighted by molar-refractivity contribution is 7.12. The van der Waals surface area contributed by atoms with Gasteiger partial charge in [0, 0.05) is 25.1 Å². The molecule has 3 aromatic rings. The van der Waals surface area contributed by atoms with Gasteiger partial charge in [0.25, 0.3) is 5.91 Å². The van der Waals surface area contributed by atoms with Crippen LogP contribution in [0.3, 0.4) is 0 Å². The lowest BCUT2D eigenvalue weighted by Gasteiger charge is -2.12. The highest BCUT2D eigenvalue weighted by Crippen LogP contribution is 2.14. The zero-order valence-electron chi connectivity index (χ0n) is 12.8. The van der Waals surface area contributed by atoms with Crippen molar-refractivity contribution in [2.75, 3.05) is 0 Å². The molecule has 1 aromatic carbocycles. The van der Waals surface area contributed by atoms with Crippen molar-refractivity contribution in [3.8, 4) is 0 Å². The van der Waals surface area contributed by atoms with Crippen LogP contribution in [0.1, 0.15) is 33.4 Å². The largest absolute Gasteiger partial charge is 0.349 e. The molecular formula is C16H16N4O2S. The van der Waals surface area contributed by atoms with Gasteiger partial charge in [-0.1, -0.05) is 11.3 Å². The Kier molecular flexibility index (Phi) is 4.20. The Morgan fingerprint density at radius 2 is 2.17 bits per heavy atom. The molecule has 0 aliphatic heterocycles. The van der Waals surface area contributed by atoms with E-state index in [4.69, 9.17) is 0 Å². The molecule has 6 nitrogen and oxygen atoms in total. The number of thiophene rings is 1. The van der Waals surface area contributed by atoms with Crippen molar-refractivity contribution in [3.63, 3.8) is 0 Å². The van der Waals surface area contributed by atoms with Crippen molar-refractivity contribution >= 4 is 34.1 Å². The van der Waals surface area contributed by atoms with Crippen LogP contribution in [0.25, 0.3) is 11.0 Å². The zero-order valence-corrected chi connectivity index (χ0v) is 13.6. The molecule has 0 bridgehead atoms. The average molecular weight is 328 g/mol. The van der Waals surface area contributed by atoms with Gasteiger partial charge in [-0.2, -0.15) is 0 Å². The van der Waals surface area contributed by atoms with Crippen LogP contribution in [0.2, 0.25) is 0 Å². The SMILES string of the molecule is C[C@@H](CC(=O)c1cccs1)NC(=O)c1ccc2c(c1)nnn2C. The molecule has 118 valence electrons. The van der Waals surface area contributed by atoms with E-state index in [0.717, 1.165) is 5.52 Å². The molecule has 0 saturated heterocycles. The van der Waals surface area contributed by atoms with Crippen LogP contribution in [0.15, 0.2) is 35.7 Å². The molecule has 0 aliphatic carbocycles. The number of Topliss-reactive ketones (excluding diaryl/α,β-unsaturated/α-hetero) is 1. The van der Waals surface area contributed by atoms with Gasteiger partial charge in [-0.3, -0.25) is 9.59 Å². The number of nitrogens with zero attached hydrogens (tertiary/aromatic N) is 3. The summed E-state index contributed by atoms with van der Waals surface area (Å²) in [5.41, 5.74) is 2.04. The summed E-state index contributed by atoms with van der Waals surface area (Å²) in [6.45, 7) is 1.82. The van der Waals surface area contributed by atoms with E-state index in [2.05, 4.69) is 15.6 Å². The van der Waals surface area contributed by atoms with E-state index >= 15 is 0 Å². The van der Waals surface area contributed by atoms with E-state index in [1.54, 1.807) is 29.9 Å². The highest BCUT2D eigenvalue weighted by Gasteiger charge is 2.16. The number of nitrogens with one attached hydrogen (secondary N) is 1. The van der Waals surface area contributed by atoms with Gasteiger partial charge in [0.2, 0.25) is 0 Å². The molecule has 2 heterocycles. The molecule has 7 heteroatoms. The first-order chi connectivity index (χ1) is 11.0. The fourth-order valence-electron chi connectivity index (χ4n) is 2.36. The minimum atomic E-state index is -0.241. The van der Waals surface area contributed by atoms with E-state index < -0.39 is 0 Å². The van der Waals surface area contributed by atoms with Crippen molar-refractivity contribution in [2.45, 2.75) is 19.4 Å². The Morgan fingerprint density at radius 1 is 1.35 bits per heavy atom. The molecule has 2 aromatic heterocycles. The summed E-state index contributed by atoms with van der Waals surface area (Å²) in [6.07, 6.45) is 0.277. The Bertz CT molecular complexity index is 854. The number of benzene rings is 1. The predicted molar refractivity (Wildman–Crippen MR) is 88.7 cm³/mol. The maximum Gasteiger partial charge on any atom is 0.251 e. The molecule has 0 saturated carbocycles. The third-order valence-corrected chi connectivity index (χ3v) is 4.45. The molecule has 0 unspecified atom stereocenters. The third-order valence-electron chi connectivity index (χ3n) is 3.54. The summed E-state index contributed by atoms with van der Waals surface area (Å²) in [7, 11) is 1.80. The van der Waals surface area contributed by atoms with E-state index in [9.17, 15) is 9.59 Å². The summed E-state index contributed by atoms with van der Waals surface area (Å²) in [5.74, 6) is -0.179. The van der Waals surface area contributed by atoms with Gasteiger partial charge in [0.15, 0.2) is 5.78 Å². The van der Waals surface area contributed by atoms with Gasteiger partial charge in [-0.15, -0.1) is 16.4 Å². The number of amides is 1. The van der Waals surface area contributed by atoms with Crippen LogP contribution >= 0.6 is 11.3 Å². The first kappa shape index (κ1) is 15.4. The Balaban J connectivity index is 1.66. The Morgan fingerprint density at radius 3 is 2.91 bits per heavy atom. The number of hydrogen-bond donors (Lipinski definition) is 1. The molecule has 0 aliphatic rings. The van der Waals surface area contributed by atoms with Gasteiger partial charge in [0.1, 0.15) is 5.52 Å². The van der Waals surface area contributed by atoms with Crippen molar-refractivity contribution in [1.82, 2.24) is 20.3 Å². The Hall–Kier alpha value is -2.54. The predicted octanol–water partition coefficient (Wildman–Crippen LogP) is 2.42. The molecule has 1 N–H and O–H groups in total. The van der Waals surface area contributed by atoms with Crippen LogP contribution in [-0.4, -0.2) is 32.7 Å². The number of hydrogen-bond acceptors (Lipinski definition) is 5. The van der Waals surface area contributed by atoms with E-state index in [0.29, 0.717) is 16.0 Å². The number of carbonyl (C=O) groups is 2. The lowest BCUT2D eigenvalue weighted by Crippen LogP contribution is -2.34. The minimum Gasteiger partial charge on any atom is -0.349 e. The number of ketones is 1. The summed E-state index contributed by atoms with van der Waals surface area (Å²) in [5, 5.41) is 12.6. The summed E-state index contributed by atoms with van der Waals surface area (Å²) < 4.78 is 1.65. The number of rotatable bonds is 5. The van der Waals surface area contributed by atoms with Crippen molar-refractivity contribution in [2.24, 2.45) is 7.05 Å². The molecule has 0 spiro atoms. The standard InChI is InChI=1S/C16H16N4O2S/c1-10(8-14(21)15-4-3-7-23-15)17-16(22)11-5-6-13-12(9-11)18-19-20(13)2/h3-7,9-10H,8H2,1-2H3,(H,17,22)/t10-/m0/s1. The number of aryl methyl sites for hydroxylation is 1. The van der Waals surface area contributed by atoms with E-state index in [1.165, 1.54) is 11.3 Å². The quantitative estimate of drug-likeness (QED) is 0.730. The van der Waals surface area contributed by atoms with E-state index in [1.807, 2.05) is 24.4 Å². The van der Waals surface area contributed by atoms with Crippen LogP contribution in [0.5, 0.6) is 0 Å². The molecule has 1 atom stereocenters. The molecular weight excluding hydrogens is 312 g/mol. The normalized spacial score (nSPS) is 12.3. The van der Waals surface area contributed by atoms with Gasteiger partial charge in [-0.05, 0) is 36.6 Å². The summed E-state index contributed by atoms with van der Waals surface area (Å²) >= 11 is 1.41. The second-order valence-electron chi connectivity index (χ2n) is 5.40. The topological polar surface area (TPSA) is 76.9 Å². The lowest BCUT2D eigenvalue weighted by molar-refractivity contribution is 0.0919. The van der Waals surface area contributed by atoms with Crippen LogP contribution in [0.4, 0.5) is 0 Å². The van der Waals surface area contributed by atoms with Gasteiger partial charge >= 0.3 is 0 Å². The Labute approximate surface area is 137 Å². The average Bonchev–Trinajstić information content (AvgIpc) is 3.17. The second-order valence-corrected chi connectivity index (χ2v) is 6.34. The van der Waals surface area contributed by atoms with Crippen LogP contribution < -0.4 is 5.32 Å². The van der Waals surface area contributed by atoms with Gasteiger partial charge in [0.05, 0.1) is 10.4 Å². The summed E-state index contributed by atoms with van der Waals surface area (Å²) in [4.78, 5) is 25.1. The molecule has 0 radical (unpaired) electrons. The minimum absolute atomic E-state index is 0.0391. The fourth-order valence-corrected chi connectivity index (χ4v) is 3.03.